The molecule has 7 nitrogen and oxygen atoms in total. The Labute approximate surface area is 159 Å². The Balaban J connectivity index is 2.45. The highest BCUT2D eigenvalue weighted by atomic mass is 16.6. The molecule has 0 aromatic rings. The van der Waals surface area contributed by atoms with E-state index in [1.165, 1.54) is 0 Å². The second-order valence-corrected chi connectivity index (χ2v) is 8.33. The van der Waals surface area contributed by atoms with Crippen LogP contribution < -0.4 is 10.6 Å². The summed E-state index contributed by atoms with van der Waals surface area (Å²) in [7, 11) is 1.78. The summed E-state index contributed by atoms with van der Waals surface area (Å²) in [6.45, 7) is 18.3. The van der Waals surface area contributed by atoms with Crippen LogP contribution in [0, 0.1) is 5.92 Å². The number of nitrogens with zero attached hydrogens (tertiary/aromatic N) is 3. The Hall–Kier alpha value is -1.50. The van der Waals surface area contributed by atoms with Crippen LogP contribution in [0.3, 0.4) is 0 Å². The second kappa shape index (κ2) is 10.00. The third-order valence-corrected chi connectivity index (χ3v) is 4.62. The van der Waals surface area contributed by atoms with E-state index in [0.717, 1.165) is 19.0 Å². The molecule has 0 radical (unpaired) electrons. The van der Waals surface area contributed by atoms with E-state index >= 15 is 0 Å². The van der Waals surface area contributed by atoms with Crippen LogP contribution in [0.25, 0.3) is 0 Å². The monoisotopic (exact) mass is 369 g/mol. The maximum absolute atomic E-state index is 12.2. The minimum absolute atomic E-state index is 0.276. The molecule has 0 saturated carbocycles. The molecular weight excluding hydrogens is 330 g/mol. The van der Waals surface area contributed by atoms with Gasteiger partial charge < -0.3 is 20.3 Å². The van der Waals surface area contributed by atoms with E-state index in [0.29, 0.717) is 37.6 Å². The second-order valence-electron chi connectivity index (χ2n) is 8.33. The Kier molecular flexibility index (Phi) is 8.67. The summed E-state index contributed by atoms with van der Waals surface area (Å²) in [5.41, 5.74) is -0.476. The lowest BCUT2D eigenvalue weighted by Gasteiger charge is -2.27. The smallest absolute Gasteiger partial charge is 0.410 e. The van der Waals surface area contributed by atoms with Crippen molar-refractivity contribution in [1.29, 1.82) is 0 Å². The summed E-state index contributed by atoms with van der Waals surface area (Å²) in [5.74, 6) is 1.36. The van der Waals surface area contributed by atoms with Gasteiger partial charge in [0.1, 0.15) is 5.60 Å². The summed E-state index contributed by atoms with van der Waals surface area (Å²) in [6.07, 6.45) is -0.276. The van der Waals surface area contributed by atoms with Gasteiger partial charge in [0, 0.05) is 51.9 Å². The summed E-state index contributed by atoms with van der Waals surface area (Å²) in [6, 6.07) is 0.947. The molecule has 2 atom stereocenters. The van der Waals surface area contributed by atoms with Gasteiger partial charge in [0.25, 0.3) is 0 Å². The third-order valence-electron chi connectivity index (χ3n) is 4.62. The third kappa shape index (κ3) is 7.40. The van der Waals surface area contributed by atoms with Crippen LogP contribution in [-0.2, 0) is 4.74 Å². The van der Waals surface area contributed by atoms with Crippen LogP contribution in [0.1, 0.15) is 48.5 Å². The molecule has 1 fully saturated rings. The van der Waals surface area contributed by atoms with Crippen LogP contribution in [-0.4, -0.2) is 79.3 Å². The maximum atomic E-state index is 12.2. The van der Waals surface area contributed by atoms with Gasteiger partial charge in [-0.05, 0) is 47.5 Å². The van der Waals surface area contributed by atoms with Gasteiger partial charge in [0.2, 0.25) is 0 Å². The highest BCUT2D eigenvalue weighted by molar-refractivity contribution is 5.80. The highest BCUT2D eigenvalue weighted by Gasteiger charge is 2.31. The topological polar surface area (TPSA) is 69.2 Å². The summed E-state index contributed by atoms with van der Waals surface area (Å²) in [5, 5.41) is 6.84. The number of aliphatic imine (C=N–C) groups is 1. The molecule has 1 aliphatic rings. The molecule has 1 heterocycles. The first-order chi connectivity index (χ1) is 12.1. The van der Waals surface area contributed by atoms with Gasteiger partial charge >= 0.3 is 6.09 Å². The average Bonchev–Trinajstić information content (AvgIpc) is 2.89. The van der Waals surface area contributed by atoms with Crippen LogP contribution in [0.2, 0.25) is 0 Å². The van der Waals surface area contributed by atoms with E-state index < -0.39 is 5.60 Å². The zero-order valence-electron chi connectivity index (χ0n) is 17.9. The van der Waals surface area contributed by atoms with E-state index in [2.05, 4.69) is 41.3 Å². The molecule has 0 aliphatic carbocycles. The number of ether oxygens (including phenoxy) is 1. The van der Waals surface area contributed by atoms with Crippen LogP contribution >= 0.6 is 0 Å². The first-order valence-corrected chi connectivity index (χ1v) is 9.76. The molecule has 0 aromatic heterocycles. The zero-order valence-corrected chi connectivity index (χ0v) is 17.9. The van der Waals surface area contributed by atoms with Crippen molar-refractivity contribution >= 4 is 12.1 Å². The van der Waals surface area contributed by atoms with Crippen LogP contribution in [0.15, 0.2) is 4.99 Å². The van der Waals surface area contributed by atoms with Gasteiger partial charge in [-0.15, -0.1) is 0 Å². The van der Waals surface area contributed by atoms with Gasteiger partial charge in [0.05, 0.1) is 0 Å². The van der Waals surface area contributed by atoms with Gasteiger partial charge in [0.15, 0.2) is 5.96 Å². The van der Waals surface area contributed by atoms with Gasteiger partial charge in [-0.25, -0.2) is 4.79 Å². The number of carbonyl (C=O) groups is 1. The number of hydrogen-bond acceptors (Lipinski definition) is 4. The molecule has 1 rings (SSSR count). The number of likely N-dealkylation sites (N-methyl/N-ethyl adjacent to an activating group) is 1. The number of hydrogen-bond donors (Lipinski definition) is 2. The summed E-state index contributed by atoms with van der Waals surface area (Å²) >= 11 is 0. The fourth-order valence-electron chi connectivity index (χ4n) is 3.00. The lowest BCUT2D eigenvalue weighted by molar-refractivity contribution is 0.0264. The SMILES string of the molecule is CCN(CCNC(=NC)NC1CN(C(C)C)CC1C)C(=O)OC(C)(C)C. The van der Waals surface area contributed by atoms with Gasteiger partial charge in [-0.2, -0.15) is 0 Å². The molecular formula is C19H39N5O2. The molecule has 26 heavy (non-hydrogen) atoms. The predicted octanol–water partition coefficient (Wildman–Crippen LogP) is 2.14. The van der Waals surface area contributed by atoms with Crippen LogP contribution in [0.4, 0.5) is 4.79 Å². The molecule has 1 saturated heterocycles. The lowest BCUT2D eigenvalue weighted by Crippen LogP contribution is -2.49. The zero-order chi connectivity index (χ0) is 19.9. The Morgan fingerprint density at radius 1 is 1.35 bits per heavy atom. The molecule has 1 aliphatic heterocycles. The highest BCUT2D eigenvalue weighted by Crippen LogP contribution is 2.18. The molecule has 152 valence electrons. The lowest BCUT2D eigenvalue weighted by atomic mass is 10.1. The van der Waals surface area contributed by atoms with Crippen molar-refractivity contribution in [1.82, 2.24) is 20.4 Å². The molecule has 2 N–H and O–H groups in total. The summed E-state index contributed by atoms with van der Waals surface area (Å²) < 4.78 is 5.44. The maximum Gasteiger partial charge on any atom is 0.410 e. The number of likely N-dealkylation sites (tertiary alicyclic amines) is 1. The fourth-order valence-corrected chi connectivity index (χ4v) is 3.00. The standard InChI is InChI=1S/C19H39N5O2/c1-9-23(18(25)26-19(5,6)7)11-10-21-17(20-8)22-16-13-24(14(2)3)12-15(16)4/h14-16H,9-13H2,1-8H3,(H2,20,21,22). The minimum Gasteiger partial charge on any atom is -0.444 e. The van der Waals surface area contributed by atoms with Crippen molar-refractivity contribution in [2.75, 3.05) is 39.8 Å². The van der Waals surface area contributed by atoms with E-state index in [4.69, 9.17) is 4.74 Å². The Bertz CT molecular complexity index is 473. The molecule has 7 heteroatoms. The minimum atomic E-state index is -0.476. The van der Waals surface area contributed by atoms with Crippen molar-refractivity contribution in [3.8, 4) is 0 Å². The molecule has 0 spiro atoms. The quantitative estimate of drug-likeness (QED) is 0.554. The fraction of sp³-hybridized carbons (Fsp3) is 0.895. The van der Waals surface area contributed by atoms with Crippen molar-refractivity contribution in [2.45, 2.75) is 66.2 Å². The molecule has 0 aromatic carbocycles. The van der Waals surface area contributed by atoms with E-state index in [1.54, 1.807) is 11.9 Å². The number of guanidine groups is 1. The van der Waals surface area contributed by atoms with Crippen molar-refractivity contribution < 1.29 is 9.53 Å². The van der Waals surface area contributed by atoms with Crippen LogP contribution in [0.5, 0.6) is 0 Å². The average molecular weight is 370 g/mol. The van der Waals surface area contributed by atoms with Crippen molar-refractivity contribution in [3.63, 3.8) is 0 Å². The van der Waals surface area contributed by atoms with Gasteiger partial charge in [-0.1, -0.05) is 6.92 Å². The van der Waals surface area contributed by atoms with Gasteiger partial charge in [-0.3, -0.25) is 9.89 Å². The largest absolute Gasteiger partial charge is 0.444 e. The summed E-state index contributed by atoms with van der Waals surface area (Å²) in [4.78, 5) is 20.7. The number of nitrogens with one attached hydrogen (secondary N) is 2. The first kappa shape index (κ1) is 22.5. The Morgan fingerprint density at radius 2 is 2.00 bits per heavy atom. The molecule has 0 bridgehead atoms. The van der Waals surface area contributed by atoms with E-state index in [9.17, 15) is 4.79 Å². The molecule has 2 unspecified atom stereocenters. The predicted molar refractivity (Wildman–Crippen MR) is 108 cm³/mol. The normalized spacial score (nSPS) is 21.8. The number of carbonyl (C=O) groups excluding carboxylic acids is 1. The Morgan fingerprint density at radius 3 is 2.46 bits per heavy atom. The number of amides is 1. The molecule has 1 amide bonds. The van der Waals surface area contributed by atoms with Crippen molar-refractivity contribution in [2.24, 2.45) is 10.9 Å². The van der Waals surface area contributed by atoms with E-state index in [1.807, 2.05) is 27.7 Å². The first-order valence-electron chi connectivity index (χ1n) is 9.76. The van der Waals surface area contributed by atoms with Crippen molar-refractivity contribution in [3.05, 3.63) is 0 Å². The number of rotatable bonds is 6. The van der Waals surface area contributed by atoms with E-state index in [-0.39, 0.29) is 6.09 Å².